The second-order valence-corrected chi connectivity index (χ2v) is 8.41. The third kappa shape index (κ3) is 3.75. The lowest BCUT2D eigenvalue weighted by Crippen LogP contribution is -2.13. The molecular weight excluding hydrogens is 366 g/mol. The number of carbonyl (C=O) groups is 1. The van der Waals surface area contributed by atoms with E-state index >= 15 is 0 Å². The lowest BCUT2D eigenvalue weighted by molar-refractivity contribution is 0.102. The lowest BCUT2D eigenvalue weighted by atomic mass is 10.1. The van der Waals surface area contributed by atoms with E-state index in [1.54, 1.807) is 18.2 Å². The normalized spacial score (nSPS) is 11.5. The number of fused-ring (bicyclic) bond motifs is 1. The lowest BCUT2D eigenvalue weighted by Gasteiger charge is -2.10. The molecule has 3 rings (SSSR count). The van der Waals surface area contributed by atoms with E-state index < -0.39 is 15.7 Å². The van der Waals surface area contributed by atoms with Crippen LogP contribution in [0.1, 0.15) is 28.7 Å². The molecule has 1 aromatic heterocycles. The molecular formula is C19H19N3O4S. The van der Waals surface area contributed by atoms with Crippen LogP contribution in [0.2, 0.25) is 0 Å². The molecule has 140 valence electrons. The Morgan fingerprint density at radius 1 is 1.04 bits per heavy atom. The second-order valence-electron chi connectivity index (χ2n) is 6.13. The summed E-state index contributed by atoms with van der Waals surface area (Å²) < 4.78 is 24.0. The molecule has 0 atom stereocenters. The van der Waals surface area contributed by atoms with Gasteiger partial charge in [-0.3, -0.25) is 4.79 Å². The van der Waals surface area contributed by atoms with Crippen molar-refractivity contribution in [3.8, 4) is 5.75 Å². The van der Waals surface area contributed by atoms with Crippen molar-refractivity contribution in [1.82, 2.24) is 9.97 Å². The molecule has 8 heteroatoms. The summed E-state index contributed by atoms with van der Waals surface area (Å²) in [6.45, 7) is 5.23. The van der Waals surface area contributed by atoms with Gasteiger partial charge in [-0.2, -0.15) is 0 Å². The van der Waals surface area contributed by atoms with Crippen molar-refractivity contribution >= 4 is 32.5 Å². The molecule has 0 aliphatic heterocycles. The number of hydrogen-bond acceptors (Lipinski definition) is 6. The quantitative estimate of drug-likeness (QED) is 0.668. The molecule has 7 nitrogen and oxygen atoms in total. The molecule has 0 bridgehead atoms. The molecule has 1 heterocycles. The fourth-order valence-corrected chi connectivity index (χ4v) is 3.45. The van der Waals surface area contributed by atoms with Gasteiger partial charge in [0.15, 0.2) is 9.84 Å². The van der Waals surface area contributed by atoms with E-state index in [1.165, 1.54) is 25.1 Å². The van der Waals surface area contributed by atoms with E-state index in [2.05, 4.69) is 15.3 Å². The van der Waals surface area contributed by atoms with E-state index in [0.717, 1.165) is 11.4 Å². The first-order valence-electron chi connectivity index (χ1n) is 8.33. The number of benzene rings is 2. The predicted octanol–water partition coefficient (Wildman–Crippen LogP) is 3.00. The van der Waals surface area contributed by atoms with Gasteiger partial charge in [0.25, 0.3) is 5.91 Å². The molecule has 2 N–H and O–H groups in total. The predicted molar refractivity (Wildman–Crippen MR) is 103 cm³/mol. The number of nitrogens with zero attached hydrogens (tertiary/aromatic N) is 2. The van der Waals surface area contributed by atoms with Crippen molar-refractivity contribution in [2.24, 2.45) is 0 Å². The molecule has 0 fully saturated rings. The smallest absolute Gasteiger partial charge is 0.255 e. The zero-order valence-electron chi connectivity index (χ0n) is 15.1. The van der Waals surface area contributed by atoms with E-state index in [4.69, 9.17) is 0 Å². The van der Waals surface area contributed by atoms with Crippen LogP contribution in [0.4, 0.5) is 5.69 Å². The molecule has 0 radical (unpaired) electrons. The highest BCUT2D eigenvalue weighted by Crippen LogP contribution is 2.27. The Hall–Kier alpha value is -3.00. The maximum Gasteiger partial charge on any atom is 0.255 e. The molecule has 0 spiro atoms. The van der Waals surface area contributed by atoms with Crippen LogP contribution in [0.3, 0.4) is 0 Å². The maximum absolute atomic E-state index is 12.6. The number of nitrogens with one attached hydrogen (secondary N) is 1. The monoisotopic (exact) mass is 385 g/mol. The fourth-order valence-electron chi connectivity index (χ4n) is 2.54. The van der Waals surface area contributed by atoms with Crippen LogP contribution in [0.5, 0.6) is 5.75 Å². The van der Waals surface area contributed by atoms with Gasteiger partial charge in [0, 0.05) is 5.56 Å². The molecule has 0 unspecified atom stereocenters. The average molecular weight is 385 g/mol. The maximum atomic E-state index is 12.6. The van der Waals surface area contributed by atoms with Crippen molar-refractivity contribution in [2.45, 2.75) is 25.7 Å². The van der Waals surface area contributed by atoms with E-state index in [9.17, 15) is 18.3 Å². The molecule has 0 saturated heterocycles. The number of aromatic nitrogens is 2. The Morgan fingerprint density at radius 2 is 1.70 bits per heavy atom. The summed E-state index contributed by atoms with van der Waals surface area (Å²) in [5.41, 5.74) is 3.20. The van der Waals surface area contributed by atoms with Gasteiger partial charge >= 0.3 is 0 Å². The first-order chi connectivity index (χ1) is 12.7. The van der Waals surface area contributed by atoms with Crippen LogP contribution in [-0.4, -0.2) is 35.2 Å². The number of carbonyl (C=O) groups excluding carboxylic acids is 1. The minimum atomic E-state index is -3.46. The van der Waals surface area contributed by atoms with Crippen LogP contribution >= 0.6 is 0 Å². The second kappa shape index (κ2) is 6.96. The Kier molecular flexibility index (Phi) is 4.84. The van der Waals surface area contributed by atoms with Crippen LogP contribution < -0.4 is 5.32 Å². The van der Waals surface area contributed by atoms with Crippen molar-refractivity contribution in [1.29, 1.82) is 0 Å². The van der Waals surface area contributed by atoms with Crippen molar-refractivity contribution in [2.75, 3.05) is 11.1 Å². The number of aryl methyl sites for hydroxylation is 2. The number of sulfone groups is 1. The third-order valence-corrected chi connectivity index (χ3v) is 6.03. The number of rotatable bonds is 4. The highest BCUT2D eigenvalue weighted by molar-refractivity contribution is 7.91. The standard InChI is InChI=1S/C19H19N3O4S/c1-4-27(25,26)14-6-8-18(23)17(10-14)22-19(24)13-5-7-15-16(9-13)21-12(3)11(2)20-15/h5-10,23H,4H2,1-3H3,(H,22,24). The molecule has 2 aromatic carbocycles. The topological polar surface area (TPSA) is 109 Å². The van der Waals surface area contributed by atoms with Gasteiger partial charge in [0.1, 0.15) is 5.75 Å². The van der Waals surface area contributed by atoms with Gasteiger partial charge in [-0.05, 0) is 50.2 Å². The first kappa shape index (κ1) is 18.8. The summed E-state index contributed by atoms with van der Waals surface area (Å²) in [7, 11) is -3.46. The number of aromatic hydroxyl groups is 1. The van der Waals surface area contributed by atoms with Gasteiger partial charge in [0.2, 0.25) is 0 Å². The Morgan fingerprint density at radius 3 is 2.37 bits per heavy atom. The van der Waals surface area contributed by atoms with Gasteiger partial charge in [-0.1, -0.05) is 6.92 Å². The minimum absolute atomic E-state index is 0.0285. The van der Waals surface area contributed by atoms with Crippen LogP contribution in [0, 0.1) is 13.8 Å². The van der Waals surface area contributed by atoms with Crippen LogP contribution in [-0.2, 0) is 9.84 Å². The number of hydrogen-bond donors (Lipinski definition) is 2. The van der Waals surface area contributed by atoms with E-state index in [-0.39, 0.29) is 22.1 Å². The summed E-state index contributed by atoms with van der Waals surface area (Å²) >= 11 is 0. The molecule has 0 aliphatic carbocycles. The van der Waals surface area contributed by atoms with Crippen molar-refractivity contribution < 1.29 is 18.3 Å². The van der Waals surface area contributed by atoms with Gasteiger partial charge in [0.05, 0.1) is 38.8 Å². The summed E-state index contributed by atoms with van der Waals surface area (Å²) in [5, 5.41) is 12.5. The Balaban J connectivity index is 1.95. The minimum Gasteiger partial charge on any atom is -0.506 e. The summed E-state index contributed by atoms with van der Waals surface area (Å²) in [5.74, 6) is -0.781. The van der Waals surface area contributed by atoms with Crippen LogP contribution in [0.25, 0.3) is 11.0 Å². The van der Waals surface area contributed by atoms with Crippen molar-refractivity contribution in [3.05, 3.63) is 53.3 Å². The highest BCUT2D eigenvalue weighted by atomic mass is 32.2. The SMILES string of the molecule is CCS(=O)(=O)c1ccc(O)c(NC(=O)c2ccc3nc(C)c(C)nc3c2)c1. The molecule has 1 amide bonds. The summed E-state index contributed by atoms with van der Waals surface area (Å²) in [6.07, 6.45) is 0. The highest BCUT2D eigenvalue weighted by Gasteiger charge is 2.16. The Labute approximate surface area is 157 Å². The number of amides is 1. The summed E-state index contributed by atoms with van der Waals surface area (Å²) in [6, 6.07) is 8.71. The number of phenols is 1. The van der Waals surface area contributed by atoms with E-state index in [1.807, 2.05) is 13.8 Å². The van der Waals surface area contributed by atoms with E-state index in [0.29, 0.717) is 16.6 Å². The van der Waals surface area contributed by atoms with Gasteiger partial charge < -0.3 is 10.4 Å². The fraction of sp³-hybridized carbons (Fsp3) is 0.211. The number of phenolic OH excluding ortho intramolecular Hbond substituents is 1. The Bertz CT molecular complexity index is 1160. The van der Waals surface area contributed by atoms with Crippen molar-refractivity contribution in [3.63, 3.8) is 0 Å². The third-order valence-electron chi connectivity index (χ3n) is 4.29. The summed E-state index contributed by atoms with van der Waals surface area (Å²) in [4.78, 5) is 21.5. The molecule has 3 aromatic rings. The molecule has 0 saturated carbocycles. The zero-order chi connectivity index (χ0) is 19.8. The van der Waals surface area contributed by atoms with Gasteiger partial charge in [-0.15, -0.1) is 0 Å². The average Bonchev–Trinajstić information content (AvgIpc) is 2.63. The van der Waals surface area contributed by atoms with Gasteiger partial charge in [-0.25, -0.2) is 18.4 Å². The first-order valence-corrected chi connectivity index (χ1v) is 9.98. The zero-order valence-corrected chi connectivity index (χ0v) is 16.0. The largest absolute Gasteiger partial charge is 0.506 e. The number of anilines is 1. The van der Waals surface area contributed by atoms with Crippen LogP contribution in [0.15, 0.2) is 41.3 Å². The molecule has 27 heavy (non-hydrogen) atoms. The molecule has 0 aliphatic rings.